The Morgan fingerprint density at radius 1 is 0.342 bits per heavy atom. The molecule has 0 heterocycles. The summed E-state index contributed by atoms with van der Waals surface area (Å²) >= 11 is 0. The van der Waals surface area contributed by atoms with Crippen molar-refractivity contribution < 1.29 is 56.4 Å². The molecule has 0 unspecified atom stereocenters. The van der Waals surface area contributed by atoms with Crippen LogP contribution in [0.2, 0.25) is 0 Å². The van der Waals surface area contributed by atoms with E-state index in [2.05, 4.69) is 13.8 Å². The Labute approximate surface area is 447 Å². The van der Waals surface area contributed by atoms with Crippen molar-refractivity contribution in [1.82, 2.24) is 0 Å². The van der Waals surface area contributed by atoms with Gasteiger partial charge in [-0.15, -0.1) is 0 Å². The lowest BCUT2D eigenvalue weighted by Crippen LogP contribution is -2.11. The first-order valence-corrected chi connectivity index (χ1v) is 27.2. The van der Waals surface area contributed by atoms with Crippen molar-refractivity contribution in [3.8, 4) is 45.6 Å². The van der Waals surface area contributed by atoms with E-state index in [1.54, 1.807) is 48.5 Å². The molecule has 76 heavy (non-hydrogen) atoms. The summed E-state index contributed by atoms with van der Waals surface area (Å²) in [5, 5.41) is 0. The number of hydrogen-bond donors (Lipinski definition) is 0. The van der Waals surface area contributed by atoms with Gasteiger partial charge in [0.25, 0.3) is 0 Å². The van der Waals surface area contributed by atoms with Crippen molar-refractivity contribution in [2.45, 2.75) is 142 Å². The van der Waals surface area contributed by atoms with Crippen molar-refractivity contribution in [2.24, 2.45) is 0 Å². The van der Waals surface area contributed by atoms with Crippen LogP contribution in [0.15, 0.2) is 133 Å². The first-order chi connectivity index (χ1) is 37.1. The summed E-state index contributed by atoms with van der Waals surface area (Å²) in [5.74, 6) is -3.68. The molecule has 12 heteroatoms. The highest BCUT2D eigenvalue weighted by molar-refractivity contribution is 5.94. The van der Waals surface area contributed by atoms with Crippen LogP contribution in [0.1, 0.15) is 184 Å². The maximum Gasteiger partial charge on any atom is 0.343 e. The highest BCUT2D eigenvalue weighted by Crippen LogP contribution is 2.33. The molecule has 0 aliphatic heterocycles. The molecule has 0 atom stereocenters. The minimum absolute atomic E-state index is 0.0443. The summed E-state index contributed by atoms with van der Waals surface area (Å²) in [5.41, 5.74) is 0.416. The van der Waals surface area contributed by atoms with Gasteiger partial charge in [-0.05, 0) is 128 Å². The fraction of sp³-hybridized carbons (Fsp3) is 0.375. The molecule has 0 bridgehead atoms. The lowest BCUT2D eigenvalue weighted by atomic mass is 10.0. The molecular formula is C64H72F2O10. The zero-order valence-corrected chi connectivity index (χ0v) is 44.1. The van der Waals surface area contributed by atoms with Gasteiger partial charge in [0.15, 0.2) is 11.6 Å². The van der Waals surface area contributed by atoms with Gasteiger partial charge in [0.2, 0.25) is 0 Å². The van der Waals surface area contributed by atoms with E-state index in [1.807, 2.05) is 0 Å². The number of carbonyl (C=O) groups excluding carboxylic acids is 4. The molecule has 402 valence electrons. The Morgan fingerprint density at radius 2 is 0.671 bits per heavy atom. The molecule has 0 aliphatic carbocycles. The van der Waals surface area contributed by atoms with Crippen LogP contribution in [0.5, 0.6) is 34.5 Å². The second-order valence-electron chi connectivity index (χ2n) is 19.0. The minimum atomic E-state index is -0.998. The van der Waals surface area contributed by atoms with Gasteiger partial charge in [0.05, 0.1) is 35.5 Å². The fourth-order valence-corrected chi connectivity index (χ4v) is 8.48. The van der Waals surface area contributed by atoms with Crippen LogP contribution in [0.3, 0.4) is 0 Å². The number of esters is 4. The lowest BCUT2D eigenvalue weighted by Gasteiger charge is -2.11. The molecule has 0 aliphatic rings. The molecule has 6 aromatic rings. The molecule has 0 fully saturated rings. The zero-order chi connectivity index (χ0) is 53.7. The first-order valence-electron chi connectivity index (χ1n) is 27.2. The summed E-state index contributed by atoms with van der Waals surface area (Å²) in [7, 11) is 0. The van der Waals surface area contributed by atoms with E-state index >= 15 is 8.78 Å². The second kappa shape index (κ2) is 32.2. The van der Waals surface area contributed by atoms with Crippen molar-refractivity contribution in [2.75, 3.05) is 13.2 Å². The molecular weight excluding hydrogens is 967 g/mol. The number of rotatable bonds is 33. The SMILES string of the molecule is CCCCCCCCCCCCOc1ccc(C(=O)Oc2ccc(C(=O)Oc3ccc(-c4cccc(OC(=O)c5ccc(OC(=O)c6ccc(OCCCCCCCCCCCC)cc6)cc5)c4F)c(F)c3)cc2)cc1. The number of hydrogen-bond acceptors (Lipinski definition) is 10. The predicted octanol–water partition coefficient (Wildman–Crippen LogP) is 17.1. The average molecular weight is 1040 g/mol. The Hall–Kier alpha value is -7.34. The molecule has 0 amide bonds. The highest BCUT2D eigenvalue weighted by Gasteiger charge is 2.20. The van der Waals surface area contributed by atoms with Crippen molar-refractivity contribution >= 4 is 23.9 Å². The molecule has 0 saturated heterocycles. The van der Waals surface area contributed by atoms with Crippen LogP contribution in [0.4, 0.5) is 8.78 Å². The summed E-state index contributed by atoms with van der Waals surface area (Å²) < 4.78 is 64.8. The summed E-state index contributed by atoms with van der Waals surface area (Å²) in [4.78, 5) is 51.8. The van der Waals surface area contributed by atoms with Gasteiger partial charge in [-0.2, -0.15) is 0 Å². The fourth-order valence-electron chi connectivity index (χ4n) is 8.48. The predicted molar refractivity (Wildman–Crippen MR) is 292 cm³/mol. The third-order valence-corrected chi connectivity index (χ3v) is 12.9. The van der Waals surface area contributed by atoms with E-state index < -0.39 is 41.3 Å². The van der Waals surface area contributed by atoms with E-state index in [0.29, 0.717) is 35.8 Å². The Kier molecular flexibility index (Phi) is 24.5. The number of benzene rings is 6. The Bertz CT molecular complexity index is 2720. The van der Waals surface area contributed by atoms with Crippen LogP contribution in [0, 0.1) is 11.6 Å². The summed E-state index contributed by atoms with van der Waals surface area (Å²) in [6, 6.07) is 32.1. The standard InChI is InChI=1S/C64H72F2O10/c1-3-5-7-9-11-13-15-17-19-21-44-71-51-34-26-47(27-35-51)61(67)73-53-38-30-49(31-39-53)63(69)75-55-42-43-56(58(65)46-55)57-24-23-25-59(60(57)66)76-64(70)50-32-40-54(41-33-50)74-62(68)48-28-36-52(37-29-48)72-45-22-20-18-16-14-12-10-8-6-4-2/h23-43,46H,3-22,44-45H2,1-2H3. The van der Waals surface area contributed by atoms with E-state index in [1.165, 1.54) is 182 Å². The molecule has 6 aromatic carbocycles. The van der Waals surface area contributed by atoms with Crippen molar-refractivity contribution in [3.63, 3.8) is 0 Å². The van der Waals surface area contributed by atoms with Gasteiger partial charge < -0.3 is 28.4 Å². The summed E-state index contributed by atoms with van der Waals surface area (Å²) in [6.07, 6.45) is 24.9. The molecule has 6 rings (SSSR count). The lowest BCUT2D eigenvalue weighted by molar-refractivity contribution is 0.0717. The third-order valence-electron chi connectivity index (χ3n) is 12.9. The van der Waals surface area contributed by atoms with Gasteiger partial charge in [-0.1, -0.05) is 142 Å². The number of halogens is 2. The first kappa shape index (κ1) is 57.9. The van der Waals surface area contributed by atoms with E-state index in [9.17, 15) is 19.2 Å². The van der Waals surface area contributed by atoms with Gasteiger partial charge in [-0.3, -0.25) is 0 Å². The van der Waals surface area contributed by atoms with Gasteiger partial charge in [-0.25, -0.2) is 28.0 Å². The minimum Gasteiger partial charge on any atom is -0.494 e. The van der Waals surface area contributed by atoms with Crippen LogP contribution in [-0.2, 0) is 0 Å². The van der Waals surface area contributed by atoms with Gasteiger partial charge in [0.1, 0.15) is 34.6 Å². The normalized spacial score (nSPS) is 10.9. The number of ether oxygens (including phenoxy) is 6. The van der Waals surface area contributed by atoms with Crippen molar-refractivity contribution in [3.05, 3.63) is 167 Å². The van der Waals surface area contributed by atoms with E-state index in [-0.39, 0.29) is 39.5 Å². The van der Waals surface area contributed by atoms with E-state index in [0.717, 1.165) is 31.7 Å². The smallest absolute Gasteiger partial charge is 0.343 e. The highest BCUT2D eigenvalue weighted by atomic mass is 19.1. The van der Waals surface area contributed by atoms with Crippen LogP contribution in [-0.4, -0.2) is 37.1 Å². The van der Waals surface area contributed by atoms with Crippen LogP contribution < -0.4 is 28.4 Å². The maximum atomic E-state index is 15.8. The topological polar surface area (TPSA) is 124 Å². The largest absolute Gasteiger partial charge is 0.494 e. The average Bonchev–Trinajstić information content (AvgIpc) is 3.43. The number of unbranched alkanes of at least 4 members (excludes halogenated alkanes) is 18. The molecule has 0 aromatic heterocycles. The third kappa shape index (κ3) is 19.4. The number of carbonyl (C=O) groups is 4. The summed E-state index contributed by atoms with van der Waals surface area (Å²) in [6.45, 7) is 5.69. The quantitative estimate of drug-likeness (QED) is 0.0224. The Balaban J connectivity index is 0.907. The van der Waals surface area contributed by atoms with Crippen LogP contribution >= 0.6 is 0 Å². The van der Waals surface area contributed by atoms with Crippen molar-refractivity contribution in [1.29, 1.82) is 0 Å². The van der Waals surface area contributed by atoms with Gasteiger partial charge >= 0.3 is 23.9 Å². The van der Waals surface area contributed by atoms with E-state index in [4.69, 9.17) is 28.4 Å². The molecule has 0 spiro atoms. The molecule has 0 saturated carbocycles. The van der Waals surface area contributed by atoms with Crippen LogP contribution in [0.25, 0.3) is 11.1 Å². The maximum absolute atomic E-state index is 15.8. The second-order valence-corrected chi connectivity index (χ2v) is 19.0. The van der Waals surface area contributed by atoms with Gasteiger partial charge in [0, 0.05) is 17.2 Å². The molecule has 0 radical (unpaired) electrons. The Morgan fingerprint density at radius 3 is 1.05 bits per heavy atom. The molecule has 0 N–H and O–H groups in total. The molecule has 10 nitrogen and oxygen atoms in total. The zero-order valence-electron chi connectivity index (χ0n) is 44.1. The monoisotopic (exact) mass is 1040 g/mol.